The van der Waals surface area contributed by atoms with E-state index in [0.29, 0.717) is 28.1 Å². The van der Waals surface area contributed by atoms with Crippen LogP contribution in [0.25, 0.3) is 22.3 Å². The number of hydrogen-bond donors (Lipinski definition) is 1. The fraction of sp³-hybridized carbons (Fsp3) is 0. The number of nitro benzene ring substituents is 1. The molecule has 0 radical (unpaired) electrons. The van der Waals surface area contributed by atoms with Gasteiger partial charge in [-0.1, -0.05) is 0 Å². The van der Waals surface area contributed by atoms with E-state index in [4.69, 9.17) is 8.83 Å². The summed E-state index contributed by atoms with van der Waals surface area (Å²) < 4.78 is 23.9. The minimum absolute atomic E-state index is 0.0379. The van der Waals surface area contributed by atoms with Crippen molar-refractivity contribution < 1.29 is 22.9 Å². The molecule has 4 rings (SSSR count). The van der Waals surface area contributed by atoms with Crippen molar-refractivity contribution in [3.63, 3.8) is 0 Å². The quantitative estimate of drug-likeness (QED) is 0.305. The molecule has 4 aromatic rings. The first-order valence-corrected chi connectivity index (χ1v) is 8.37. The van der Waals surface area contributed by atoms with Crippen LogP contribution < -0.4 is 5.43 Å². The Balaban J connectivity index is 1.44. The van der Waals surface area contributed by atoms with Crippen LogP contribution in [0.4, 0.5) is 10.1 Å². The second kappa shape index (κ2) is 7.39. The first-order chi connectivity index (χ1) is 14.0. The largest absolute Gasteiger partial charge is 0.455 e. The average Bonchev–Trinajstić information content (AvgIpc) is 3.35. The second-order valence-electron chi connectivity index (χ2n) is 6.00. The smallest absolute Gasteiger partial charge is 0.307 e. The molecule has 0 saturated carbocycles. The van der Waals surface area contributed by atoms with Gasteiger partial charge in [0.25, 0.3) is 5.69 Å². The summed E-state index contributed by atoms with van der Waals surface area (Å²) in [6, 6.07) is 14.6. The highest BCUT2D eigenvalue weighted by molar-refractivity contribution is 5.96. The molecule has 0 unspecified atom stereocenters. The Morgan fingerprint density at radius 1 is 1.07 bits per heavy atom. The summed E-state index contributed by atoms with van der Waals surface area (Å²) >= 11 is 0. The van der Waals surface area contributed by atoms with Gasteiger partial charge in [-0.25, -0.2) is 9.82 Å². The Kier molecular flexibility index (Phi) is 4.62. The summed E-state index contributed by atoms with van der Waals surface area (Å²) in [5.41, 5.74) is 3.24. The number of rotatable bonds is 5. The summed E-state index contributed by atoms with van der Waals surface area (Å²) in [6.07, 6.45) is 1.30. The predicted molar refractivity (Wildman–Crippen MR) is 102 cm³/mol. The highest BCUT2D eigenvalue weighted by Crippen LogP contribution is 2.24. The molecule has 2 aromatic carbocycles. The fourth-order valence-corrected chi connectivity index (χ4v) is 2.66. The molecule has 8 nitrogen and oxygen atoms in total. The van der Waals surface area contributed by atoms with Crippen molar-refractivity contribution in [2.24, 2.45) is 5.10 Å². The maximum absolute atomic E-state index is 13.0. The number of hydrogen-bond acceptors (Lipinski definition) is 6. The highest BCUT2D eigenvalue weighted by Gasteiger charge is 2.14. The van der Waals surface area contributed by atoms with E-state index in [2.05, 4.69) is 10.5 Å². The lowest BCUT2D eigenvalue weighted by atomic mass is 10.2. The average molecular weight is 393 g/mol. The van der Waals surface area contributed by atoms with Crippen LogP contribution >= 0.6 is 0 Å². The molecule has 0 atom stereocenters. The topological polar surface area (TPSA) is 111 Å². The number of fused-ring (bicyclic) bond motifs is 1. The lowest BCUT2D eigenvalue weighted by molar-refractivity contribution is -0.384. The third kappa shape index (κ3) is 3.88. The van der Waals surface area contributed by atoms with E-state index < -0.39 is 10.8 Å². The molecule has 1 amide bonds. The van der Waals surface area contributed by atoms with E-state index in [0.717, 1.165) is 0 Å². The molecule has 0 aliphatic heterocycles. The van der Waals surface area contributed by atoms with Crippen molar-refractivity contribution in [2.45, 2.75) is 0 Å². The molecule has 2 heterocycles. The van der Waals surface area contributed by atoms with Crippen molar-refractivity contribution in [1.82, 2.24) is 5.43 Å². The maximum atomic E-state index is 13.0. The number of nitrogens with zero attached hydrogens (tertiary/aromatic N) is 2. The number of furan rings is 2. The van der Waals surface area contributed by atoms with E-state index in [1.54, 1.807) is 24.3 Å². The van der Waals surface area contributed by atoms with Gasteiger partial charge in [0, 0.05) is 23.1 Å². The monoisotopic (exact) mass is 393 g/mol. The van der Waals surface area contributed by atoms with Crippen LogP contribution in [0.5, 0.6) is 0 Å². The zero-order valence-electron chi connectivity index (χ0n) is 14.7. The number of carbonyl (C=O) groups is 1. The van der Waals surface area contributed by atoms with E-state index in [9.17, 15) is 19.3 Å². The molecule has 0 aliphatic rings. The van der Waals surface area contributed by atoms with Crippen LogP contribution in [0, 0.1) is 15.9 Å². The highest BCUT2D eigenvalue weighted by atomic mass is 19.1. The first kappa shape index (κ1) is 18.1. The Hall–Kier alpha value is -4.27. The third-order valence-corrected chi connectivity index (χ3v) is 4.05. The Morgan fingerprint density at radius 3 is 2.62 bits per heavy atom. The molecule has 0 bridgehead atoms. The van der Waals surface area contributed by atoms with Crippen molar-refractivity contribution in [3.05, 3.63) is 88.1 Å². The van der Waals surface area contributed by atoms with Crippen LogP contribution in [-0.4, -0.2) is 17.0 Å². The predicted octanol–water partition coefficient (Wildman–Crippen LogP) is 4.50. The van der Waals surface area contributed by atoms with E-state index >= 15 is 0 Å². The molecule has 1 N–H and O–H groups in total. The molecule has 0 fully saturated rings. The number of benzene rings is 2. The molecular weight excluding hydrogens is 381 g/mol. The van der Waals surface area contributed by atoms with Gasteiger partial charge in [-0.3, -0.25) is 14.9 Å². The Bertz CT molecular complexity index is 1240. The Labute approximate surface area is 162 Å². The summed E-state index contributed by atoms with van der Waals surface area (Å²) in [5, 5.41) is 15.1. The van der Waals surface area contributed by atoms with Gasteiger partial charge < -0.3 is 8.83 Å². The third-order valence-electron chi connectivity index (χ3n) is 4.05. The molecule has 144 valence electrons. The van der Waals surface area contributed by atoms with E-state index in [1.165, 1.54) is 42.6 Å². The van der Waals surface area contributed by atoms with Gasteiger partial charge in [-0.2, -0.15) is 5.10 Å². The molecule has 0 saturated heterocycles. The maximum Gasteiger partial charge on any atom is 0.307 e. The van der Waals surface area contributed by atoms with Gasteiger partial charge in [0.15, 0.2) is 5.76 Å². The minimum atomic E-state index is -0.620. The number of non-ortho nitro benzene ring substituents is 1. The van der Waals surface area contributed by atoms with E-state index in [-0.39, 0.29) is 17.3 Å². The van der Waals surface area contributed by atoms with Gasteiger partial charge in [0.2, 0.25) is 0 Å². The standard InChI is InChI=1S/C20H12FN3O5/c21-14-3-1-12(2-4-14)17-8-6-16(28-17)11-22-23-20(25)19-10-13-9-15(24(26)27)5-7-18(13)29-19/h1-11H,(H,23,25)/b22-11-. The summed E-state index contributed by atoms with van der Waals surface area (Å²) in [5.74, 6) is -0.0963. The van der Waals surface area contributed by atoms with Crippen molar-refractivity contribution in [3.8, 4) is 11.3 Å². The first-order valence-electron chi connectivity index (χ1n) is 8.37. The van der Waals surface area contributed by atoms with E-state index in [1.807, 2.05) is 0 Å². The van der Waals surface area contributed by atoms with Gasteiger partial charge >= 0.3 is 5.91 Å². The van der Waals surface area contributed by atoms with Crippen LogP contribution in [0.1, 0.15) is 16.3 Å². The van der Waals surface area contributed by atoms with Crippen molar-refractivity contribution in [1.29, 1.82) is 0 Å². The minimum Gasteiger partial charge on any atom is -0.455 e. The van der Waals surface area contributed by atoms with Crippen LogP contribution in [0.2, 0.25) is 0 Å². The van der Waals surface area contributed by atoms with Gasteiger partial charge in [-0.05, 0) is 48.5 Å². The number of amides is 1. The molecule has 2 aromatic heterocycles. The zero-order valence-corrected chi connectivity index (χ0v) is 14.7. The van der Waals surface area contributed by atoms with Gasteiger partial charge in [0.1, 0.15) is 22.9 Å². The lowest BCUT2D eigenvalue weighted by Gasteiger charge is -1.96. The molecule has 0 spiro atoms. The van der Waals surface area contributed by atoms with Gasteiger partial charge in [-0.15, -0.1) is 0 Å². The second-order valence-corrected chi connectivity index (χ2v) is 6.00. The van der Waals surface area contributed by atoms with Crippen molar-refractivity contribution >= 4 is 28.8 Å². The van der Waals surface area contributed by atoms with Crippen LogP contribution in [-0.2, 0) is 0 Å². The Morgan fingerprint density at radius 2 is 1.86 bits per heavy atom. The molecular formula is C20H12FN3O5. The number of halogens is 1. The molecule has 29 heavy (non-hydrogen) atoms. The molecule has 9 heteroatoms. The van der Waals surface area contributed by atoms with Crippen LogP contribution in [0.15, 0.2) is 74.6 Å². The summed E-state index contributed by atoms with van der Waals surface area (Å²) in [7, 11) is 0. The molecule has 0 aliphatic carbocycles. The zero-order chi connectivity index (χ0) is 20.4. The van der Waals surface area contributed by atoms with Crippen molar-refractivity contribution in [2.75, 3.05) is 0 Å². The van der Waals surface area contributed by atoms with Crippen LogP contribution in [0.3, 0.4) is 0 Å². The number of carbonyl (C=O) groups excluding carboxylic acids is 1. The van der Waals surface area contributed by atoms with Gasteiger partial charge in [0.05, 0.1) is 11.1 Å². The summed E-state index contributed by atoms with van der Waals surface area (Å²) in [6.45, 7) is 0. The number of nitrogens with one attached hydrogen (secondary N) is 1. The SMILES string of the molecule is O=C(N/N=C\c1ccc(-c2ccc(F)cc2)o1)c1cc2cc([N+](=O)[O-])ccc2o1. The summed E-state index contributed by atoms with van der Waals surface area (Å²) in [4.78, 5) is 22.5. The number of nitro groups is 1. The number of hydrazone groups is 1. The lowest BCUT2D eigenvalue weighted by Crippen LogP contribution is -2.16. The fourth-order valence-electron chi connectivity index (χ4n) is 2.66. The normalized spacial score (nSPS) is 11.2.